The Morgan fingerprint density at radius 3 is 2.90 bits per heavy atom. The van der Waals surface area contributed by atoms with Crippen LogP contribution in [0.1, 0.15) is 30.3 Å². The maximum absolute atomic E-state index is 9.53. The largest absolute Gasteiger partial charge is 0.485 e. The molecule has 0 amide bonds. The van der Waals surface area contributed by atoms with Crippen LogP contribution >= 0.6 is 0 Å². The Balaban J connectivity index is 1.52. The molecule has 0 radical (unpaired) electrons. The molecule has 0 spiro atoms. The van der Waals surface area contributed by atoms with Crippen molar-refractivity contribution in [2.75, 3.05) is 13.2 Å². The van der Waals surface area contributed by atoms with Crippen molar-refractivity contribution in [2.45, 2.75) is 24.7 Å². The highest BCUT2D eigenvalue weighted by molar-refractivity contribution is 5.40. The van der Waals surface area contributed by atoms with E-state index in [2.05, 4.69) is 15.5 Å². The molecule has 7 nitrogen and oxygen atoms in total. The second-order valence-electron chi connectivity index (χ2n) is 5.21. The number of hydrogen-bond acceptors (Lipinski definition) is 7. The first-order valence-corrected chi connectivity index (χ1v) is 6.93. The van der Waals surface area contributed by atoms with Crippen LogP contribution in [-0.2, 0) is 0 Å². The molecule has 21 heavy (non-hydrogen) atoms. The van der Waals surface area contributed by atoms with Gasteiger partial charge in [-0.25, -0.2) is 0 Å². The van der Waals surface area contributed by atoms with Gasteiger partial charge in [-0.3, -0.25) is 0 Å². The second-order valence-corrected chi connectivity index (χ2v) is 5.21. The second kappa shape index (κ2) is 5.01. The lowest BCUT2D eigenvalue weighted by atomic mass is 10.2. The van der Waals surface area contributed by atoms with Crippen molar-refractivity contribution < 1.29 is 19.1 Å². The summed E-state index contributed by atoms with van der Waals surface area (Å²) in [7, 11) is 0. The first kappa shape index (κ1) is 12.6. The van der Waals surface area contributed by atoms with E-state index in [9.17, 15) is 5.11 Å². The minimum Gasteiger partial charge on any atom is -0.485 e. The van der Waals surface area contributed by atoms with Crippen LogP contribution in [0.5, 0.6) is 11.5 Å². The van der Waals surface area contributed by atoms with Crippen LogP contribution in [0.4, 0.5) is 0 Å². The number of aliphatic hydroxyl groups is 1. The van der Waals surface area contributed by atoms with Gasteiger partial charge in [-0.15, -0.1) is 0 Å². The maximum Gasteiger partial charge on any atom is 0.244 e. The number of aliphatic hydroxyl groups excluding tert-OH is 1. The van der Waals surface area contributed by atoms with Crippen molar-refractivity contribution in [1.29, 1.82) is 0 Å². The summed E-state index contributed by atoms with van der Waals surface area (Å²) in [5.41, 5.74) is 0. The highest BCUT2D eigenvalue weighted by Gasteiger charge is 2.31. The first-order chi connectivity index (χ1) is 10.3. The first-order valence-electron chi connectivity index (χ1n) is 6.93. The lowest BCUT2D eigenvalue weighted by Crippen LogP contribution is -2.22. The minimum absolute atomic E-state index is 0.0990. The van der Waals surface area contributed by atoms with Crippen LogP contribution in [0.25, 0.3) is 0 Å². The van der Waals surface area contributed by atoms with Gasteiger partial charge in [0.05, 0.1) is 12.1 Å². The van der Waals surface area contributed by atoms with Gasteiger partial charge in [-0.2, -0.15) is 4.98 Å². The quantitative estimate of drug-likeness (QED) is 0.851. The summed E-state index contributed by atoms with van der Waals surface area (Å²) in [6.07, 6.45) is -0.179. The Labute approximate surface area is 120 Å². The fraction of sp³-hybridized carbons (Fsp3) is 0.429. The van der Waals surface area contributed by atoms with Crippen LogP contribution < -0.4 is 14.8 Å². The van der Waals surface area contributed by atoms with E-state index in [1.807, 2.05) is 24.3 Å². The molecule has 1 aromatic carbocycles. The number of nitrogens with zero attached hydrogens (tertiary/aromatic N) is 2. The van der Waals surface area contributed by atoms with E-state index in [4.69, 9.17) is 14.0 Å². The van der Waals surface area contributed by atoms with E-state index < -0.39 is 0 Å². The van der Waals surface area contributed by atoms with Crippen LogP contribution in [0.2, 0.25) is 0 Å². The molecule has 2 aliphatic rings. The molecule has 2 unspecified atom stereocenters. The Kier molecular flexibility index (Phi) is 3.01. The van der Waals surface area contributed by atoms with E-state index in [0.717, 1.165) is 5.75 Å². The molecule has 2 aromatic rings. The Bertz CT molecular complexity index is 645. The zero-order chi connectivity index (χ0) is 14.2. The Morgan fingerprint density at radius 2 is 2.10 bits per heavy atom. The molecule has 1 aromatic heterocycles. The summed E-state index contributed by atoms with van der Waals surface area (Å²) in [6.45, 7) is 0.884. The molecule has 1 fully saturated rings. The molecule has 3 atom stereocenters. The fourth-order valence-corrected chi connectivity index (χ4v) is 2.57. The maximum atomic E-state index is 9.53. The predicted molar refractivity (Wildman–Crippen MR) is 71.0 cm³/mol. The topological polar surface area (TPSA) is 89.6 Å². The van der Waals surface area contributed by atoms with Gasteiger partial charge >= 0.3 is 0 Å². The van der Waals surface area contributed by atoms with Gasteiger partial charge in [0.25, 0.3) is 0 Å². The van der Waals surface area contributed by atoms with E-state index in [1.54, 1.807) is 0 Å². The molecule has 1 saturated heterocycles. The van der Waals surface area contributed by atoms with Crippen LogP contribution in [0, 0.1) is 0 Å². The molecule has 2 N–H and O–H groups in total. The Hall–Kier alpha value is -2.12. The van der Waals surface area contributed by atoms with Crippen LogP contribution in [-0.4, -0.2) is 34.5 Å². The van der Waals surface area contributed by atoms with Crippen LogP contribution in [0.3, 0.4) is 0 Å². The molecule has 7 heteroatoms. The molecule has 0 saturated carbocycles. The van der Waals surface area contributed by atoms with Gasteiger partial charge in [-0.05, 0) is 18.6 Å². The third-order valence-corrected chi connectivity index (χ3v) is 3.66. The number of aromatic nitrogens is 2. The summed E-state index contributed by atoms with van der Waals surface area (Å²) in [5, 5.41) is 16.6. The van der Waals surface area contributed by atoms with Crippen molar-refractivity contribution in [2.24, 2.45) is 0 Å². The standard InChI is InChI=1S/C14H15N3O4/c18-8-5-9(15-6-8)14-16-13(17-21-14)12-7-19-10-3-1-2-4-11(10)20-12/h1-4,8-9,12,15,18H,5-7H2/t8?,9-,12?/m0/s1. The summed E-state index contributed by atoms with van der Waals surface area (Å²) < 4.78 is 16.7. The number of benzene rings is 1. The highest BCUT2D eigenvalue weighted by atomic mass is 16.6. The zero-order valence-electron chi connectivity index (χ0n) is 11.2. The van der Waals surface area contributed by atoms with E-state index in [-0.39, 0.29) is 18.2 Å². The van der Waals surface area contributed by atoms with Crippen LogP contribution in [0.15, 0.2) is 28.8 Å². The number of β-amino-alcohol motifs (C(OH)–C–C–N with tert-alkyl or cyclic N) is 1. The van der Waals surface area contributed by atoms with Crippen molar-refractivity contribution >= 4 is 0 Å². The van der Waals surface area contributed by atoms with Crippen molar-refractivity contribution in [3.63, 3.8) is 0 Å². The fourth-order valence-electron chi connectivity index (χ4n) is 2.57. The number of nitrogens with one attached hydrogen (secondary N) is 1. The average Bonchev–Trinajstić information content (AvgIpc) is 3.15. The third kappa shape index (κ3) is 2.34. The van der Waals surface area contributed by atoms with Gasteiger partial charge in [-0.1, -0.05) is 17.3 Å². The minimum atomic E-state index is -0.385. The van der Waals surface area contributed by atoms with E-state index >= 15 is 0 Å². The highest BCUT2D eigenvalue weighted by Crippen LogP contribution is 2.35. The SMILES string of the molecule is OC1CN[C@H](c2nc(C3COc4ccccc4O3)no2)C1. The van der Waals surface area contributed by atoms with Gasteiger partial charge < -0.3 is 24.4 Å². The zero-order valence-corrected chi connectivity index (χ0v) is 11.2. The van der Waals surface area contributed by atoms with Crippen molar-refractivity contribution in [3.8, 4) is 11.5 Å². The van der Waals surface area contributed by atoms with Gasteiger partial charge in [0, 0.05) is 6.54 Å². The van der Waals surface area contributed by atoms with Crippen molar-refractivity contribution in [1.82, 2.24) is 15.5 Å². The monoisotopic (exact) mass is 289 g/mol. The third-order valence-electron chi connectivity index (χ3n) is 3.66. The van der Waals surface area contributed by atoms with E-state index in [1.165, 1.54) is 0 Å². The number of hydrogen-bond donors (Lipinski definition) is 2. The molecule has 110 valence electrons. The van der Waals surface area contributed by atoms with Gasteiger partial charge in [0.15, 0.2) is 17.6 Å². The number of fused-ring (bicyclic) bond motifs is 1. The normalized spacial score (nSPS) is 27.8. The molecule has 4 rings (SSSR count). The summed E-state index contributed by atoms with van der Waals surface area (Å²) >= 11 is 0. The van der Waals surface area contributed by atoms with Crippen molar-refractivity contribution in [3.05, 3.63) is 36.0 Å². The Morgan fingerprint density at radius 1 is 1.24 bits per heavy atom. The number of ether oxygens (including phenoxy) is 2. The lowest BCUT2D eigenvalue weighted by Gasteiger charge is -2.24. The number of rotatable bonds is 2. The molecule has 0 aliphatic carbocycles. The van der Waals surface area contributed by atoms with Gasteiger partial charge in [0.2, 0.25) is 11.7 Å². The predicted octanol–water partition coefficient (Wildman–Crippen LogP) is 0.977. The molecule has 2 aliphatic heterocycles. The molecule has 3 heterocycles. The average molecular weight is 289 g/mol. The molecular weight excluding hydrogens is 274 g/mol. The molecular formula is C14H15N3O4. The smallest absolute Gasteiger partial charge is 0.244 e. The van der Waals surface area contributed by atoms with E-state index in [0.29, 0.717) is 37.0 Å². The lowest BCUT2D eigenvalue weighted by molar-refractivity contribution is 0.0832. The number of para-hydroxylation sites is 2. The van der Waals surface area contributed by atoms with Gasteiger partial charge in [0.1, 0.15) is 6.61 Å². The summed E-state index contributed by atoms with van der Waals surface area (Å²) in [4.78, 5) is 4.37. The summed E-state index contributed by atoms with van der Waals surface area (Å²) in [5.74, 6) is 2.33. The molecule has 0 bridgehead atoms. The summed E-state index contributed by atoms with van der Waals surface area (Å²) in [6, 6.07) is 7.38.